The van der Waals surface area contributed by atoms with E-state index in [2.05, 4.69) is 21.2 Å². The number of nitrogens with zero attached hydrogens (tertiary/aromatic N) is 2. The fourth-order valence-electron chi connectivity index (χ4n) is 3.48. The van der Waals surface area contributed by atoms with E-state index >= 15 is 0 Å². The topological polar surface area (TPSA) is 85.8 Å². The van der Waals surface area contributed by atoms with E-state index in [0.717, 1.165) is 23.4 Å². The molecule has 2 heterocycles. The van der Waals surface area contributed by atoms with Gasteiger partial charge in [-0.1, -0.05) is 41.6 Å². The van der Waals surface area contributed by atoms with Gasteiger partial charge in [0.15, 0.2) is 5.17 Å². The lowest BCUT2D eigenvalue weighted by Gasteiger charge is -2.32. The molecule has 0 radical (unpaired) electrons. The fraction of sp³-hybridized carbons (Fsp3) is 0.286. The number of halogens is 4. The number of hydrogen-bond donors (Lipinski definition) is 3. The molecule has 174 valence electrons. The number of nitrogens with one attached hydrogen (secondary N) is 3. The van der Waals surface area contributed by atoms with E-state index in [1.54, 1.807) is 18.2 Å². The minimum Gasteiger partial charge on any atom is -0.325 e. The molecule has 7 nitrogen and oxygen atoms in total. The largest absolute Gasteiger partial charge is 0.418 e. The van der Waals surface area contributed by atoms with Crippen molar-refractivity contribution in [2.45, 2.75) is 19.3 Å². The van der Waals surface area contributed by atoms with Crippen LogP contribution in [0.4, 0.5) is 24.5 Å². The number of alkyl halides is 3. The van der Waals surface area contributed by atoms with Gasteiger partial charge in [0.2, 0.25) is 11.8 Å². The second-order valence-electron chi connectivity index (χ2n) is 7.48. The standard InChI is InChI=1S/C21H19ClF3N5O2S/c1-11-6-7-12(8-15(11)22)30-19(32)13-9-26-29-18(13)28-20(30)33-10-17(31)27-16-5-3-2-4-14(16)21(23,24)25/h2-8,13,18,26,29H,9-10H2,1H3,(H,27,31). The van der Waals surface area contributed by atoms with E-state index < -0.39 is 29.7 Å². The van der Waals surface area contributed by atoms with Gasteiger partial charge in [0.25, 0.3) is 0 Å². The van der Waals surface area contributed by atoms with Gasteiger partial charge >= 0.3 is 6.18 Å². The molecule has 2 atom stereocenters. The molecule has 4 rings (SSSR count). The number of hydrazine groups is 1. The number of hydrogen-bond acceptors (Lipinski definition) is 6. The van der Waals surface area contributed by atoms with E-state index in [9.17, 15) is 22.8 Å². The highest BCUT2D eigenvalue weighted by Crippen LogP contribution is 2.35. The van der Waals surface area contributed by atoms with E-state index in [1.807, 2.05) is 6.92 Å². The van der Waals surface area contributed by atoms with Crippen molar-refractivity contribution in [3.8, 4) is 0 Å². The van der Waals surface area contributed by atoms with Crippen LogP contribution in [-0.4, -0.2) is 35.4 Å². The Labute approximate surface area is 196 Å². The molecule has 2 aromatic rings. The molecule has 0 bridgehead atoms. The van der Waals surface area contributed by atoms with Gasteiger partial charge in [0, 0.05) is 11.6 Å². The first-order valence-electron chi connectivity index (χ1n) is 9.90. The summed E-state index contributed by atoms with van der Waals surface area (Å²) in [4.78, 5) is 31.6. The molecular weight excluding hydrogens is 479 g/mol. The number of carbonyl (C=O) groups is 2. The summed E-state index contributed by atoms with van der Waals surface area (Å²) in [6.45, 7) is 2.22. The minimum absolute atomic E-state index is 0.224. The summed E-state index contributed by atoms with van der Waals surface area (Å²) < 4.78 is 39.6. The molecule has 2 aliphatic rings. The molecule has 12 heteroatoms. The van der Waals surface area contributed by atoms with Gasteiger partial charge in [-0.3, -0.25) is 19.9 Å². The number of aliphatic imine (C=N–C) groups is 1. The van der Waals surface area contributed by atoms with Crippen LogP contribution >= 0.6 is 23.4 Å². The number of carbonyl (C=O) groups excluding carboxylic acids is 2. The Balaban J connectivity index is 1.54. The number of benzene rings is 2. The van der Waals surface area contributed by atoms with Crippen molar-refractivity contribution in [3.05, 3.63) is 58.6 Å². The summed E-state index contributed by atoms with van der Waals surface area (Å²) in [6.07, 6.45) is -5.11. The van der Waals surface area contributed by atoms with Gasteiger partial charge in [-0.05, 0) is 36.8 Å². The van der Waals surface area contributed by atoms with Gasteiger partial charge in [-0.2, -0.15) is 13.2 Å². The molecule has 2 aliphatic heterocycles. The molecule has 0 aliphatic carbocycles. The minimum atomic E-state index is -4.60. The third-order valence-electron chi connectivity index (χ3n) is 5.18. The summed E-state index contributed by atoms with van der Waals surface area (Å²) in [5, 5.41) is 3.01. The lowest BCUT2D eigenvalue weighted by atomic mass is 10.0. The van der Waals surface area contributed by atoms with Crippen LogP contribution in [0, 0.1) is 12.8 Å². The maximum absolute atomic E-state index is 13.2. The van der Waals surface area contributed by atoms with Crippen LogP contribution in [0.25, 0.3) is 0 Å². The highest BCUT2D eigenvalue weighted by atomic mass is 35.5. The second kappa shape index (κ2) is 9.34. The Morgan fingerprint density at radius 3 is 2.79 bits per heavy atom. The number of anilines is 2. The van der Waals surface area contributed by atoms with E-state index in [-0.39, 0.29) is 22.5 Å². The molecule has 1 fully saturated rings. The molecule has 0 aromatic heterocycles. The van der Waals surface area contributed by atoms with Crippen molar-refractivity contribution in [3.63, 3.8) is 0 Å². The molecule has 33 heavy (non-hydrogen) atoms. The maximum atomic E-state index is 13.2. The van der Waals surface area contributed by atoms with Crippen LogP contribution in [0.3, 0.4) is 0 Å². The Morgan fingerprint density at radius 1 is 1.30 bits per heavy atom. The number of amides is 2. The quantitative estimate of drug-likeness (QED) is 0.598. The first-order valence-corrected chi connectivity index (χ1v) is 11.3. The predicted octanol–water partition coefficient (Wildman–Crippen LogP) is 3.79. The SMILES string of the molecule is Cc1ccc(N2C(=O)C3CNNC3N=C2SCC(=O)Nc2ccccc2C(F)(F)F)cc1Cl. The van der Waals surface area contributed by atoms with Crippen molar-refractivity contribution in [1.29, 1.82) is 0 Å². The summed E-state index contributed by atoms with van der Waals surface area (Å²) in [5.41, 5.74) is 5.87. The lowest BCUT2D eigenvalue weighted by Crippen LogP contribution is -2.49. The molecule has 2 amide bonds. The Morgan fingerprint density at radius 2 is 2.06 bits per heavy atom. The molecule has 3 N–H and O–H groups in total. The fourth-order valence-corrected chi connectivity index (χ4v) is 4.50. The van der Waals surface area contributed by atoms with Crippen LogP contribution < -0.4 is 21.1 Å². The van der Waals surface area contributed by atoms with Crippen molar-refractivity contribution in [2.24, 2.45) is 10.9 Å². The highest BCUT2D eigenvalue weighted by molar-refractivity contribution is 8.14. The Bertz CT molecular complexity index is 1130. The molecule has 0 spiro atoms. The first-order chi connectivity index (χ1) is 15.6. The van der Waals surface area contributed by atoms with Crippen molar-refractivity contribution < 1.29 is 22.8 Å². The number of fused-ring (bicyclic) bond motifs is 1. The number of aryl methyl sites for hydroxylation is 1. The maximum Gasteiger partial charge on any atom is 0.418 e. The molecule has 0 saturated carbocycles. The van der Waals surface area contributed by atoms with Crippen molar-refractivity contribution >= 4 is 51.7 Å². The first kappa shape index (κ1) is 23.6. The third kappa shape index (κ3) is 5.01. The third-order valence-corrected chi connectivity index (χ3v) is 6.54. The van der Waals surface area contributed by atoms with Gasteiger partial charge in [0.05, 0.1) is 28.6 Å². The summed E-state index contributed by atoms with van der Waals surface area (Å²) in [7, 11) is 0. The lowest BCUT2D eigenvalue weighted by molar-refractivity contribution is -0.137. The summed E-state index contributed by atoms with van der Waals surface area (Å²) in [6, 6.07) is 9.88. The van der Waals surface area contributed by atoms with Gasteiger partial charge in [-0.15, -0.1) is 0 Å². The zero-order valence-corrected chi connectivity index (χ0v) is 18.8. The van der Waals surface area contributed by atoms with E-state index in [4.69, 9.17) is 11.6 Å². The normalized spacial score (nSPS) is 20.5. The monoisotopic (exact) mass is 497 g/mol. The second-order valence-corrected chi connectivity index (χ2v) is 8.83. The molecule has 2 aromatic carbocycles. The summed E-state index contributed by atoms with van der Waals surface area (Å²) >= 11 is 7.20. The summed E-state index contributed by atoms with van der Waals surface area (Å²) in [5.74, 6) is -1.58. The number of amidine groups is 1. The Hall–Kier alpha value is -2.60. The van der Waals surface area contributed by atoms with E-state index in [1.165, 1.54) is 23.1 Å². The zero-order chi connectivity index (χ0) is 23.8. The number of para-hydroxylation sites is 1. The van der Waals surface area contributed by atoms with Crippen LogP contribution in [0.1, 0.15) is 11.1 Å². The number of thioether (sulfide) groups is 1. The van der Waals surface area contributed by atoms with Crippen LogP contribution in [0.15, 0.2) is 47.5 Å². The highest BCUT2D eigenvalue weighted by Gasteiger charge is 2.42. The Kier molecular flexibility index (Phi) is 6.66. The van der Waals surface area contributed by atoms with Crippen LogP contribution in [0.5, 0.6) is 0 Å². The average molecular weight is 498 g/mol. The van der Waals surface area contributed by atoms with Crippen molar-refractivity contribution in [1.82, 2.24) is 10.9 Å². The van der Waals surface area contributed by atoms with Crippen molar-refractivity contribution in [2.75, 3.05) is 22.5 Å². The average Bonchev–Trinajstić information content (AvgIpc) is 3.23. The van der Waals surface area contributed by atoms with Gasteiger partial charge in [-0.25, -0.2) is 10.4 Å². The molecule has 1 saturated heterocycles. The smallest absolute Gasteiger partial charge is 0.325 e. The van der Waals surface area contributed by atoms with Crippen LogP contribution in [-0.2, 0) is 15.8 Å². The van der Waals surface area contributed by atoms with Gasteiger partial charge in [0.1, 0.15) is 6.17 Å². The predicted molar refractivity (Wildman–Crippen MR) is 122 cm³/mol. The number of rotatable bonds is 4. The molecular formula is C21H19ClF3N5O2S. The zero-order valence-electron chi connectivity index (χ0n) is 17.2. The molecule has 2 unspecified atom stereocenters. The van der Waals surface area contributed by atoms with Crippen LogP contribution in [0.2, 0.25) is 5.02 Å². The van der Waals surface area contributed by atoms with E-state index in [0.29, 0.717) is 17.3 Å². The van der Waals surface area contributed by atoms with Gasteiger partial charge < -0.3 is 5.32 Å².